The molecule has 0 unspecified atom stereocenters. The van der Waals surface area contributed by atoms with Crippen LogP contribution in [0.15, 0.2) is 54.9 Å². The molecule has 0 aliphatic rings. The maximum Gasteiger partial charge on any atom is 0.225 e. The summed E-state index contributed by atoms with van der Waals surface area (Å²) in [5.41, 5.74) is 2.53. The van der Waals surface area contributed by atoms with Crippen LogP contribution in [0.3, 0.4) is 0 Å². The number of benzene rings is 1. The van der Waals surface area contributed by atoms with E-state index in [1.54, 1.807) is 18.5 Å². The summed E-state index contributed by atoms with van der Waals surface area (Å²) in [4.78, 5) is 13.1. The summed E-state index contributed by atoms with van der Waals surface area (Å²) >= 11 is 0. The van der Waals surface area contributed by atoms with Crippen LogP contribution in [-0.4, -0.2) is 21.5 Å². The maximum absolute atomic E-state index is 13.3. The van der Waals surface area contributed by atoms with Gasteiger partial charge in [-0.1, -0.05) is 12.1 Å². The average Bonchev–Trinajstić information content (AvgIpc) is 2.61. The number of hydrogen-bond acceptors (Lipinski definition) is 5. The Morgan fingerprint density at radius 3 is 2.71 bits per heavy atom. The van der Waals surface area contributed by atoms with Crippen LogP contribution in [0.25, 0.3) is 11.3 Å². The van der Waals surface area contributed by atoms with Gasteiger partial charge in [-0.25, -0.2) is 9.37 Å². The minimum Gasteiger partial charge on any atom is -0.366 e. The zero-order chi connectivity index (χ0) is 16.8. The van der Waals surface area contributed by atoms with Gasteiger partial charge in [0.1, 0.15) is 11.6 Å². The van der Waals surface area contributed by atoms with Gasteiger partial charge in [0.25, 0.3) is 0 Å². The molecule has 5 nitrogen and oxygen atoms in total. The lowest BCUT2D eigenvalue weighted by Crippen LogP contribution is -2.07. The maximum atomic E-state index is 13.3. The van der Waals surface area contributed by atoms with Gasteiger partial charge in [0.15, 0.2) is 0 Å². The molecule has 0 spiro atoms. The first kappa shape index (κ1) is 15.9. The number of nitrogens with zero attached hydrogens (tertiary/aromatic N) is 3. The van der Waals surface area contributed by atoms with Crippen molar-refractivity contribution in [3.05, 3.63) is 66.2 Å². The minimum absolute atomic E-state index is 0.249. The number of halogens is 1. The van der Waals surface area contributed by atoms with E-state index < -0.39 is 0 Å². The molecular weight excluding hydrogens is 305 g/mol. The van der Waals surface area contributed by atoms with Gasteiger partial charge in [-0.05, 0) is 36.8 Å². The second kappa shape index (κ2) is 7.50. The molecule has 0 saturated carbocycles. The third-order valence-electron chi connectivity index (χ3n) is 3.38. The average molecular weight is 323 g/mol. The molecule has 0 radical (unpaired) electrons. The molecule has 0 aliphatic heterocycles. The Morgan fingerprint density at radius 2 is 1.96 bits per heavy atom. The van der Waals surface area contributed by atoms with E-state index in [0.717, 1.165) is 23.4 Å². The number of anilines is 2. The van der Waals surface area contributed by atoms with E-state index in [9.17, 15) is 4.39 Å². The minimum atomic E-state index is -0.249. The van der Waals surface area contributed by atoms with Crippen molar-refractivity contribution in [2.24, 2.45) is 0 Å². The van der Waals surface area contributed by atoms with E-state index in [0.29, 0.717) is 18.3 Å². The molecular formula is C18H18FN5. The summed E-state index contributed by atoms with van der Waals surface area (Å²) in [5, 5.41) is 6.34. The molecule has 3 aromatic rings. The van der Waals surface area contributed by atoms with Crippen molar-refractivity contribution in [1.29, 1.82) is 0 Å². The van der Waals surface area contributed by atoms with Gasteiger partial charge >= 0.3 is 0 Å². The Labute approximate surface area is 140 Å². The number of rotatable bonds is 6. The lowest BCUT2D eigenvalue weighted by molar-refractivity contribution is 0.626. The third-order valence-corrected chi connectivity index (χ3v) is 3.38. The van der Waals surface area contributed by atoms with Gasteiger partial charge < -0.3 is 10.6 Å². The molecule has 0 bridgehead atoms. The predicted octanol–water partition coefficient (Wildman–Crippen LogP) is 3.72. The molecule has 3 rings (SSSR count). The Morgan fingerprint density at radius 1 is 1.04 bits per heavy atom. The summed E-state index contributed by atoms with van der Waals surface area (Å²) in [7, 11) is 0. The van der Waals surface area contributed by atoms with Gasteiger partial charge in [-0.15, -0.1) is 0 Å². The molecule has 0 aliphatic carbocycles. The van der Waals surface area contributed by atoms with Crippen molar-refractivity contribution in [2.75, 3.05) is 17.2 Å². The van der Waals surface area contributed by atoms with Crippen molar-refractivity contribution < 1.29 is 4.39 Å². The highest BCUT2D eigenvalue weighted by Crippen LogP contribution is 2.21. The SMILES string of the molecule is CCNc1nc(NCc2cccc(F)c2)cc(-c2cccnc2)n1. The molecule has 2 heterocycles. The summed E-state index contributed by atoms with van der Waals surface area (Å²) in [6, 6.07) is 12.2. The van der Waals surface area contributed by atoms with E-state index >= 15 is 0 Å². The Balaban J connectivity index is 1.85. The number of pyridine rings is 1. The summed E-state index contributed by atoms with van der Waals surface area (Å²) < 4.78 is 13.3. The first-order valence-electron chi connectivity index (χ1n) is 7.76. The molecule has 0 atom stereocenters. The van der Waals surface area contributed by atoms with Crippen molar-refractivity contribution in [3.8, 4) is 11.3 Å². The van der Waals surface area contributed by atoms with E-state index in [1.807, 2.05) is 31.2 Å². The monoisotopic (exact) mass is 323 g/mol. The normalized spacial score (nSPS) is 10.4. The molecule has 6 heteroatoms. The van der Waals surface area contributed by atoms with Crippen LogP contribution in [0.5, 0.6) is 0 Å². The highest BCUT2D eigenvalue weighted by Gasteiger charge is 2.07. The lowest BCUT2D eigenvalue weighted by atomic mass is 10.2. The lowest BCUT2D eigenvalue weighted by Gasteiger charge is -2.11. The second-order valence-electron chi connectivity index (χ2n) is 5.22. The second-order valence-corrected chi connectivity index (χ2v) is 5.22. The van der Waals surface area contributed by atoms with Gasteiger partial charge in [-0.3, -0.25) is 4.98 Å². The summed E-state index contributed by atoms with van der Waals surface area (Å²) in [6.45, 7) is 3.19. The van der Waals surface area contributed by atoms with E-state index in [2.05, 4.69) is 25.6 Å². The van der Waals surface area contributed by atoms with Gasteiger partial charge in [0.2, 0.25) is 5.95 Å². The molecule has 122 valence electrons. The summed E-state index contributed by atoms with van der Waals surface area (Å²) in [5.74, 6) is 0.964. The van der Waals surface area contributed by atoms with Crippen molar-refractivity contribution >= 4 is 11.8 Å². The van der Waals surface area contributed by atoms with Gasteiger partial charge in [0, 0.05) is 37.1 Å². The number of aromatic nitrogens is 3. The van der Waals surface area contributed by atoms with Crippen molar-refractivity contribution in [2.45, 2.75) is 13.5 Å². The van der Waals surface area contributed by atoms with Crippen LogP contribution in [0, 0.1) is 5.82 Å². The van der Waals surface area contributed by atoms with Gasteiger partial charge in [-0.2, -0.15) is 4.98 Å². The van der Waals surface area contributed by atoms with Crippen LogP contribution in [-0.2, 0) is 6.54 Å². The van der Waals surface area contributed by atoms with E-state index in [-0.39, 0.29) is 5.82 Å². The first-order chi connectivity index (χ1) is 11.7. The quantitative estimate of drug-likeness (QED) is 0.724. The highest BCUT2D eigenvalue weighted by molar-refractivity contribution is 5.63. The highest BCUT2D eigenvalue weighted by atomic mass is 19.1. The van der Waals surface area contributed by atoms with Crippen LogP contribution in [0.1, 0.15) is 12.5 Å². The van der Waals surface area contributed by atoms with Crippen LogP contribution >= 0.6 is 0 Å². The zero-order valence-corrected chi connectivity index (χ0v) is 13.3. The fourth-order valence-corrected chi connectivity index (χ4v) is 2.28. The first-order valence-corrected chi connectivity index (χ1v) is 7.76. The molecule has 0 amide bonds. The topological polar surface area (TPSA) is 62.7 Å². The standard InChI is InChI=1S/C18H18FN5/c1-2-21-18-23-16(14-6-4-8-20-12-14)10-17(24-18)22-11-13-5-3-7-15(19)9-13/h3-10,12H,2,11H2,1H3,(H2,21,22,23,24). The largest absolute Gasteiger partial charge is 0.366 e. The molecule has 0 saturated heterocycles. The predicted molar refractivity (Wildman–Crippen MR) is 93.2 cm³/mol. The fourth-order valence-electron chi connectivity index (χ4n) is 2.28. The van der Waals surface area contributed by atoms with Crippen LogP contribution in [0.2, 0.25) is 0 Å². The van der Waals surface area contributed by atoms with E-state index in [4.69, 9.17) is 0 Å². The number of hydrogen-bond donors (Lipinski definition) is 2. The molecule has 24 heavy (non-hydrogen) atoms. The van der Waals surface area contributed by atoms with Gasteiger partial charge in [0.05, 0.1) is 5.69 Å². The van der Waals surface area contributed by atoms with Crippen molar-refractivity contribution in [3.63, 3.8) is 0 Å². The molecule has 0 fully saturated rings. The molecule has 2 aromatic heterocycles. The van der Waals surface area contributed by atoms with Crippen molar-refractivity contribution in [1.82, 2.24) is 15.0 Å². The summed E-state index contributed by atoms with van der Waals surface area (Å²) in [6.07, 6.45) is 3.48. The zero-order valence-electron chi connectivity index (χ0n) is 13.3. The third kappa shape index (κ3) is 4.04. The van der Waals surface area contributed by atoms with E-state index in [1.165, 1.54) is 12.1 Å². The Hall–Kier alpha value is -3.02. The molecule has 1 aromatic carbocycles. The fraction of sp³-hybridized carbons (Fsp3) is 0.167. The van der Waals surface area contributed by atoms with Crippen LogP contribution in [0.4, 0.5) is 16.2 Å². The smallest absolute Gasteiger partial charge is 0.225 e. The van der Waals surface area contributed by atoms with Crippen LogP contribution < -0.4 is 10.6 Å². The Kier molecular flexibility index (Phi) is 4.96. The number of nitrogens with one attached hydrogen (secondary N) is 2. The molecule has 2 N–H and O–H groups in total. The Bertz CT molecular complexity index is 808.